The zero-order chi connectivity index (χ0) is 28.5. The lowest BCUT2D eigenvalue weighted by atomic mass is 10.2. The van der Waals surface area contributed by atoms with E-state index in [0.29, 0.717) is 10.4 Å². The largest absolute Gasteiger partial charge is 0.495 e. The van der Waals surface area contributed by atoms with Crippen molar-refractivity contribution in [3.05, 3.63) is 69.3 Å². The molecule has 0 unspecified atom stereocenters. The van der Waals surface area contributed by atoms with Crippen LogP contribution in [0.5, 0.6) is 5.75 Å². The van der Waals surface area contributed by atoms with Crippen LogP contribution in [0.2, 0.25) is 5.02 Å². The Morgan fingerprint density at radius 3 is 2.36 bits per heavy atom. The molecule has 0 aliphatic heterocycles. The third-order valence-corrected chi connectivity index (χ3v) is 8.48. The van der Waals surface area contributed by atoms with E-state index in [1.165, 1.54) is 24.8 Å². The number of halogens is 2. The Morgan fingerprint density at radius 1 is 1.00 bits per heavy atom. The lowest BCUT2D eigenvalue weighted by Crippen LogP contribution is -2.22. The number of benzene rings is 2. The number of fused-ring (bicyclic) bond motifs is 1. The Labute approximate surface area is 230 Å². The van der Waals surface area contributed by atoms with Crippen molar-refractivity contribution < 1.29 is 41.4 Å². The first-order chi connectivity index (χ1) is 18.5. The molecule has 0 aliphatic rings. The molecule has 4 aromatic rings. The Bertz CT molecular complexity index is 1730. The monoisotopic (exact) mass is 595 g/mol. The zero-order valence-electron chi connectivity index (χ0n) is 20.4. The Hall–Kier alpha value is -4.14. The molecule has 15 heteroatoms. The fourth-order valence-electron chi connectivity index (χ4n) is 3.69. The van der Waals surface area contributed by atoms with Crippen molar-refractivity contribution in [3.8, 4) is 5.75 Å². The molecular formula is C24H19ClFN3O8S2. The van der Waals surface area contributed by atoms with E-state index in [-0.39, 0.29) is 27.4 Å². The summed E-state index contributed by atoms with van der Waals surface area (Å²) in [4.78, 5) is 36.4. The molecule has 0 fully saturated rings. The van der Waals surface area contributed by atoms with Crippen LogP contribution in [0.4, 0.5) is 20.6 Å². The molecule has 0 radical (unpaired) electrons. The second-order valence-electron chi connectivity index (χ2n) is 7.69. The molecule has 39 heavy (non-hydrogen) atoms. The number of carbonyl (C=O) groups excluding carboxylic acids is 3. The molecule has 204 valence electrons. The van der Waals surface area contributed by atoms with E-state index in [9.17, 15) is 27.2 Å². The maximum absolute atomic E-state index is 14.9. The average Bonchev–Trinajstić information content (AvgIpc) is 3.54. The highest BCUT2D eigenvalue weighted by Gasteiger charge is 2.28. The first-order valence-electron chi connectivity index (χ1n) is 10.8. The number of thiophene rings is 1. The summed E-state index contributed by atoms with van der Waals surface area (Å²) in [7, 11) is -0.992. The molecule has 2 heterocycles. The predicted molar refractivity (Wildman–Crippen MR) is 142 cm³/mol. The van der Waals surface area contributed by atoms with Gasteiger partial charge in [0.25, 0.3) is 10.0 Å². The molecule has 0 atom stereocenters. The number of esters is 2. The van der Waals surface area contributed by atoms with Gasteiger partial charge in [-0.2, -0.15) is 0 Å². The van der Waals surface area contributed by atoms with Crippen molar-refractivity contribution in [2.45, 2.75) is 4.90 Å². The summed E-state index contributed by atoms with van der Waals surface area (Å²) in [6.07, 6.45) is 1.29. The van der Waals surface area contributed by atoms with Crippen molar-refractivity contribution in [3.63, 3.8) is 0 Å². The molecule has 4 rings (SSSR count). The van der Waals surface area contributed by atoms with Crippen LogP contribution in [-0.4, -0.2) is 51.7 Å². The van der Waals surface area contributed by atoms with Gasteiger partial charge in [-0.05, 0) is 24.3 Å². The number of hydrogen-bond acceptors (Lipinski definition) is 9. The van der Waals surface area contributed by atoms with Gasteiger partial charge in [0.1, 0.15) is 21.1 Å². The van der Waals surface area contributed by atoms with Gasteiger partial charge < -0.3 is 24.8 Å². The summed E-state index contributed by atoms with van der Waals surface area (Å²) in [6, 6.07) is 6.90. The SMILES string of the molecule is COC(=O)c1scc(NC(=O)Nc2cc(S(=O)(=O)n3ccc4c(Cl)cccc43)c(OC)cc2F)c1C(=O)OC. The number of ether oxygens (including phenoxy) is 3. The lowest BCUT2D eigenvalue weighted by molar-refractivity contribution is 0.0561. The molecule has 0 saturated carbocycles. The summed E-state index contributed by atoms with van der Waals surface area (Å²) < 4.78 is 57.4. The second kappa shape index (κ2) is 10.9. The van der Waals surface area contributed by atoms with Crippen LogP contribution < -0.4 is 15.4 Å². The van der Waals surface area contributed by atoms with E-state index in [1.54, 1.807) is 18.2 Å². The van der Waals surface area contributed by atoms with E-state index in [0.717, 1.165) is 41.7 Å². The molecule has 0 saturated heterocycles. The van der Waals surface area contributed by atoms with E-state index in [4.69, 9.17) is 16.3 Å². The summed E-state index contributed by atoms with van der Waals surface area (Å²) >= 11 is 6.99. The lowest BCUT2D eigenvalue weighted by Gasteiger charge is -2.15. The van der Waals surface area contributed by atoms with Crippen LogP contribution >= 0.6 is 22.9 Å². The highest BCUT2D eigenvalue weighted by molar-refractivity contribution is 7.90. The average molecular weight is 596 g/mol. The van der Waals surface area contributed by atoms with Gasteiger partial charge in [0, 0.05) is 28.1 Å². The highest BCUT2D eigenvalue weighted by atomic mass is 35.5. The fourth-order valence-corrected chi connectivity index (χ4v) is 6.34. The van der Waals surface area contributed by atoms with Crippen molar-refractivity contribution in [1.29, 1.82) is 0 Å². The Morgan fingerprint density at radius 2 is 1.69 bits per heavy atom. The number of urea groups is 1. The first kappa shape index (κ1) is 27.9. The first-order valence-corrected chi connectivity index (χ1v) is 13.5. The number of hydrogen-bond donors (Lipinski definition) is 2. The van der Waals surface area contributed by atoms with Gasteiger partial charge in [0.15, 0.2) is 5.82 Å². The number of carbonyl (C=O) groups is 3. The van der Waals surface area contributed by atoms with Gasteiger partial charge >= 0.3 is 18.0 Å². The summed E-state index contributed by atoms with van der Waals surface area (Å²) in [5.41, 5.74) is -0.608. The number of nitrogens with zero attached hydrogens (tertiary/aromatic N) is 1. The smallest absolute Gasteiger partial charge is 0.349 e. The minimum atomic E-state index is -4.36. The molecule has 2 aromatic carbocycles. The Kier molecular flexibility index (Phi) is 7.81. The molecule has 2 N–H and O–H groups in total. The van der Waals surface area contributed by atoms with Crippen LogP contribution in [0, 0.1) is 5.82 Å². The van der Waals surface area contributed by atoms with Crippen molar-refractivity contribution in [2.24, 2.45) is 0 Å². The van der Waals surface area contributed by atoms with Gasteiger partial charge in [0.2, 0.25) is 0 Å². The van der Waals surface area contributed by atoms with E-state index >= 15 is 0 Å². The van der Waals surface area contributed by atoms with Crippen LogP contribution in [0.1, 0.15) is 20.0 Å². The van der Waals surface area contributed by atoms with Crippen molar-refractivity contribution >= 4 is 73.2 Å². The zero-order valence-corrected chi connectivity index (χ0v) is 22.8. The van der Waals surface area contributed by atoms with Gasteiger partial charge in [-0.25, -0.2) is 31.2 Å². The summed E-state index contributed by atoms with van der Waals surface area (Å²) in [5, 5.41) is 6.65. The van der Waals surface area contributed by atoms with Crippen LogP contribution in [0.25, 0.3) is 10.9 Å². The topological polar surface area (TPSA) is 142 Å². The second-order valence-corrected chi connectivity index (χ2v) is 10.8. The maximum Gasteiger partial charge on any atom is 0.349 e. The molecule has 0 bridgehead atoms. The number of methoxy groups -OCH3 is 3. The minimum absolute atomic E-state index is 0.109. The standard InChI is InChI=1S/C24H19ClFN3O8S2/c1-35-18-9-14(26)15(10-19(18)39(33,34)29-8-7-12-13(25)5-4-6-17(12)29)27-24(32)28-16-11-38-21(23(31)37-3)20(16)22(30)36-2/h4-11H,1-3H3,(H2,27,28,32). The number of amides is 2. The molecule has 0 aliphatic carbocycles. The number of nitrogens with one attached hydrogen (secondary N) is 2. The fraction of sp³-hybridized carbons (Fsp3) is 0.125. The van der Waals surface area contributed by atoms with Gasteiger partial charge in [0.05, 0.1) is 38.2 Å². The third-order valence-electron chi connectivity index (χ3n) is 5.48. The summed E-state index contributed by atoms with van der Waals surface area (Å²) in [6.45, 7) is 0. The van der Waals surface area contributed by atoms with Gasteiger partial charge in [-0.1, -0.05) is 17.7 Å². The quantitative estimate of drug-likeness (QED) is 0.286. The Balaban J connectivity index is 1.70. The summed E-state index contributed by atoms with van der Waals surface area (Å²) in [5.74, 6) is -3.07. The maximum atomic E-state index is 14.9. The van der Waals surface area contributed by atoms with Crippen LogP contribution in [0.15, 0.2) is 52.9 Å². The molecular weight excluding hydrogens is 577 g/mol. The van der Waals surface area contributed by atoms with Crippen molar-refractivity contribution in [2.75, 3.05) is 32.0 Å². The normalized spacial score (nSPS) is 11.2. The highest BCUT2D eigenvalue weighted by Crippen LogP contribution is 2.35. The molecule has 11 nitrogen and oxygen atoms in total. The number of aromatic nitrogens is 1. The molecule has 2 amide bonds. The van der Waals surface area contributed by atoms with Crippen molar-refractivity contribution in [1.82, 2.24) is 3.97 Å². The van der Waals surface area contributed by atoms with E-state index in [1.807, 2.05) is 0 Å². The number of rotatable bonds is 7. The van der Waals surface area contributed by atoms with Crippen LogP contribution in [-0.2, 0) is 19.5 Å². The van der Waals surface area contributed by atoms with E-state index < -0.39 is 44.4 Å². The minimum Gasteiger partial charge on any atom is -0.495 e. The van der Waals surface area contributed by atoms with Gasteiger partial charge in [-0.3, -0.25) is 0 Å². The molecule has 2 aromatic heterocycles. The predicted octanol–water partition coefficient (Wildman–Crippen LogP) is 4.96. The number of anilines is 2. The van der Waals surface area contributed by atoms with Gasteiger partial charge in [-0.15, -0.1) is 11.3 Å². The third kappa shape index (κ3) is 5.13. The molecule has 0 spiro atoms. The van der Waals surface area contributed by atoms with E-state index in [2.05, 4.69) is 20.1 Å². The van der Waals surface area contributed by atoms with Crippen LogP contribution in [0.3, 0.4) is 0 Å².